The van der Waals surface area contributed by atoms with Crippen molar-refractivity contribution in [2.75, 3.05) is 13.6 Å². The van der Waals surface area contributed by atoms with Gasteiger partial charge in [-0.2, -0.15) is 0 Å². The summed E-state index contributed by atoms with van der Waals surface area (Å²) in [6, 6.07) is 3.54. The number of benzene rings is 1. The van der Waals surface area contributed by atoms with E-state index in [0.717, 1.165) is 17.7 Å². The van der Waals surface area contributed by atoms with Crippen LogP contribution in [0.4, 0.5) is 0 Å². The Bertz CT molecular complexity index is 717. The van der Waals surface area contributed by atoms with Gasteiger partial charge in [0.25, 0.3) is 0 Å². The summed E-state index contributed by atoms with van der Waals surface area (Å²) in [4.78, 5) is 2.19. The SMILES string of the molecule is CN1CCC23c4c5ccc(O)c4O[C@H]2[C@@H](O)C=CC3(O)C1C5. The van der Waals surface area contributed by atoms with E-state index in [0.29, 0.717) is 18.6 Å². The lowest BCUT2D eigenvalue weighted by atomic mass is 9.50. The third kappa shape index (κ3) is 1.13. The summed E-state index contributed by atoms with van der Waals surface area (Å²) in [5.41, 5.74) is 0.280. The number of piperidine rings is 1. The number of rotatable bonds is 0. The van der Waals surface area contributed by atoms with E-state index in [1.165, 1.54) is 0 Å². The van der Waals surface area contributed by atoms with Gasteiger partial charge in [0.2, 0.25) is 0 Å². The van der Waals surface area contributed by atoms with Gasteiger partial charge in [0.05, 0.1) is 5.41 Å². The molecule has 2 aliphatic heterocycles. The number of aliphatic hydroxyl groups excluding tert-OH is 1. The van der Waals surface area contributed by atoms with Crippen molar-refractivity contribution in [3.8, 4) is 11.5 Å². The van der Waals surface area contributed by atoms with Gasteiger partial charge in [0.15, 0.2) is 11.5 Å². The molecule has 1 aromatic carbocycles. The standard InChI is InChI=1S/C17H19NO4/c1-18-7-6-16-13-9-2-3-10(19)14(13)22-15(16)11(20)4-5-17(16,21)12(18)8-9/h2-5,11-12,15,19-21H,6-8H2,1H3/t11-,12?,15-,16?,17?/m0/s1. The molecule has 116 valence electrons. The van der Waals surface area contributed by atoms with Gasteiger partial charge >= 0.3 is 0 Å². The summed E-state index contributed by atoms with van der Waals surface area (Å²) in [7, 11) is 2.03. The predicted octanol–water partition coefficient (Wildman–Crippen LogP) is 0.313. The Labute approximate surface area is 128 Å². The highest BCUT2D eigenvalue weighted by molar-refractivity contribution is 5.63. The van der Waals surface area contributed by atoms with Gasteiger partial charge in [0, 0.05) is 11.6 Å². The first-order valence-electron chi connectivity index (χ1n) is 7.81. The summed E-state index contributed by atoms with van der Waals surface area (Å²) < 4.78 is 5.99. The maximum Gasteiger partial charge on any atom is 0.165 e. The second-order valence-electron chi connectivity index (χ2n) is 7.08. The van der Waals surface area contributed by atoms with Crippen LogP contribution in [0.25, 0.3) is 0 Å². The zero-order valence-electron chi connectivity index (χ0n) is 12.4. The lowest BCUT2D eigenvalue weighted by Crippen LogP contribution is -2.75. The first-order chi connectivity index (χ1) is 10.5. The number of phenols is 1. The van der Waals surface area contributed by atoms with E-state index in [1.807, 2.05) is 13.1 Å². The molecule has 3 N–H and O–H groups in total. The Balaban J connectivity index is 1.89. The Morgan fingerprint density at radius 3 is 3.00 bits per heavy atom. The molecule has 0 aromatic heterocycles. The van der Waals surface area contributed by atoms with Gasteiger partial charge in [-0.05, 0) is 38.1 Å². The van der Waals surface area contributed by atoms with Crippen LogP contribution < -0.4 is 4.74 Å². The number of likely N-dealkylation sites (N-methyl/N-ethyl adjacent to an activating group) is 1. The molecule has 5 heteroatoms. The van der Waals surface area contributed by atoms with Crippen LogP contribution in [-0.2, 0) is 11.8 Å². The molecule has 5 nitrogen and oxygen atoms in total. The van der Waals surface area contributed by atoms with Crippen LogP contribution in [0.3, 0.4) is 0 Å². The van der Waals surface area contributed by atoms with Crippen LogP contribution >= 0.6 is 0 Å². The molecule has 1 saturated heterocycles. The number of hydrogen-bond donors (Lipinski definition) is 3. The van der Waals surface area contributed by atoms with Gasteiger partial charge in [0.1, 0.15) is 17.8 Å². The van der Waals surface area contributed by atoms with Gasteiger partial charge in [-0.3, -0.25) is 4.90 Å². The fraction of sp³-hybridized carbons (Fsp3) is 0.529. The van der Waals surface area contributed by atoms with Gasteiger partial charge in [-0.15, -0.1) is 0 Å². The second kappa shape index (κ2) is 3.67. The van der Waals surface area contributed by atoms with Crippen LogP contribution in [0.15, 0.2) is 24.3 Å². The Hall–Kier alpha value is -1.56. The molecule has 4 aliphatic rings. The van der Waals surface area contributed by atoms with Crippen LogP contribution in [0, 0.1) is 0 Å². The fourth-order valence-electron chi connectivity index (χ4n) is 5.29. The Morgan fingerprint density at radius 1 is 1.36 bits per heavy atom. The van der Waals surface area contributed by atoms with Crippen molar-refractivity contribution in [1.82, 2.24) is 4.90 Å². The largest absolute Gasteiger partial charge is 0.504 e. The predicted molar refractivity (Wildman–Crippen MR) is 79.0 cm³/mol. The lowest BCUT2D eigenvalue weighted by Gasteiger charge is -2.61. The summed E-state index contributed by atoms with van der Waals surface area (Å²) >= 11 is 0. The molecule has 0 amide bonds. The topological polar surface area (TPSA) is 73.2 Å². The first-order valence-corrected chi connectivity index (χ1v) is 7.81. The highest BCUT2D eigenvalue weighted by Crippen LogP contribution is 2.63. The van der Waals surface area contributed by atoms with Crippen molar-refractivity contribution >= 4 is 0 Å². The molecule has 3 unspecified atom stereocenters. The molecule has 0 saturated carbocycles. The minimum Gasteiger partial charge on any atom is -0.504 e. The molecular formula is C17H19NO4. The average molecular weight is 301 g/mol. The molecule has 1 spiro atoms. The fourth-order valence-corrected chi connectivity index (χ4v) is 5.29. The highest BCUT2D eigenvalue weighted by Gasteiger charge is 2.71. The number of ether oxygens (including phenoxy) is 1. The molecule has 5 atom stereocenters. The van der Waals surface area contributed by atoms with Crippen LogP contribution in [0.1, 0.15) is 17.5 Å². The number of hydrogen-bond acceptors (Lipinski definition) is 5. The van der Waals surface area contributed by atoms with E-state index >= 15 is 0 Å². The van der Waals surface area contributed by atoms with E-state index in [9.17, 15) is 15.3 Å². The first kappa shape index (κ1) is 12.9. The minimum absolute atomic E-state index is 0.0425. The molecule has 2 heterocycles. The molecule has 2 bridgehead atoms. The maximum absolute atomic E-state index is 11.6. The molecular weight excluding hydrogens is 282 g/mol. The van der Waals surface area contributed by atoms with Gasteiger partial charge < -0.3 is 20.1 Å². The zero-order valence-corrected chi connectivity index (χ0v) is 12.4. The quantitative estimate of drug-likeness (QED) is 0.602. The summed E-state index contributed by atoms with van der Waals surface area (Å²) in [5, 5.41) is 32.2. The van der Waals surface area contributed by atoms with Crippen molar-refractivity contribution < 1.29 is 20.1 Å². The smallest absolute Gasteiger partial charge is 0.165 e. The zero-order chi connectivity index (χ0) is 15.3. The number of aliphatic hydroxyl groups is 2. The van der Waals surface area contributed by atoms with Crippen molar-refractivity contribution in [2.24, 2.45) is 0 Å². The average Bonchev–Trinajstić information content (AvgIpc) is 2.85. The molecule has 2 aliphatic carbocycles. The van der Waals surface area contributed by atoms with Crippen molar-refractivity contribution in [3.63, 3.8) is 0 Å². The normalized spacial score (nSPS) is 44.6. The van der Waals surface area contributed by atoms with E-state index in [2.05, 4.69) is 4.90 Å². The van der Waals surface area contributed by atoms with Crippen molar-refractivity contribution in [2.45, 2.75) is 42.1 Å². The van der Waals surface area contributed by atoms with E-state index in [4.69, 9.17) is 4.74 Å². The second-order valence-corrected chi connectivity index (χ2v) is 7.08. The Morgan fingerprint density at radius 2 is 2.18 bits per heavy atom. The van der Waals surface area contributed by atoms with Crippen LogP contribution in [0.5, 0.6) is 11.5 Å². The number of aromatic hydroxyl groups is 1. The molecule has 0 radical (unpaired) electrons. The number of nitrogens with zero attached hydrogens (tertiary/aromatic N) is 1. The maximum atomic E-state index is 11.6. The Kier molecular flexibility index (Phi) is 2.16. The number of phenolic OH excluding ortho intramolecular Hbond substituents is 1. The van der Waals surface area contributed by atoms with E-state index in [-0.39, 0.29) is 11.8 Å². The van der Waals surface area contributed by atoms with E-state index < -0.39 is 23.2 Å². The summed E-state index contributed by atoms with van der Waals surface area (Å²) in [6.45, 7) is 0.835. The van der Waals surface area contributed by atoms with Crippen molar-refractivity contribution in [3.05, 3.63) is 35.4 Å². The monoisotopic (exact) mass is 301 g/mol. The summed E-state index contributed by atoms with van der Waals surface area (Å²) in [6.07, 6.45) is 3.51. The van der Waals surface area contributed by atoms with Gasteiger partial charge in [-0.1, -0.05) is 18.2 Å². The van der Waals surface area contributed by atoms with Crippen LogP contribution in [0.2, 0.25) is 0 Å². The lowest BCUT2D eigenvalue weighted by molar-refractivity contribution is -0.151. The molecule has 22 heavy (non-hydrogen) atoms. The third-order valence-electron chi connectivity index (χ3n) is 6.28. The molecule has 5 rings (SSSR count). The third-order valence-corrected chi connectivity index (χ3v) is 6.28. The molecule has 1 aromatic rings. The van der Waals surface area contributed by atoms with Crippen LogP contribution in [-0.4, -0.2) is 57.7 Å². The van der Waals surface area contributed by atoms with Gasteiger partial charge in [-0.25, -0.2) is 0 Å². The molecule has 1 fully saturated rings. The minimum atomic E-state index is -1.07. The number of likely N-dealkylation sites (tertiary alicyclic amines) is 1. The highest BCUT2D eigenvalue weighted by atomic mass is 16.5. The van der Waals surface area contributed by atoms with E-state index in [1.54, 1.807) is 18.2 Å². The van der Waals surface area contributed by atoms with Crippen molar-refractivity contribution in [1.29, 1.82) is 0 Å². The summed E-state index contributed by atoms with van der Waals surface area (Å²) in [5.74, 6) is 0.543.